The van der Waals surface area contributed by atoms with E-state index in [9.17, 15) is 8.42 Å². The van der Waals surface area contributed by atoms with E-state index in [1.165, 1.54) is 16.6 Å². The standard InChI is InChI=1S/C11H16ClN3O2S2/c1-8-7-15(3-4-18-8)19(16,17)9-5-10(12)11(13-2)14-6-9/h5-6,8H,3-4,7H2,1-2H3,(H,13,14). The van der Waals surface area contributed by atoms with Gasteiger partial charge in [0.2, 0.25) is 10.0 Å². The number of pyridine rings is 1. The van der Waals surface area contributed by atoms with E-state index >= 15 is 0 Å². The lowest BCUT2D eigenvalue weighted by molar-refractivity contribution is 0.424. The lowest BCUT2D eigenvalue weighted by atomic mass is 10.4. The highest BCUT2D eigenvalue weighted by molar-refractivity contribution is 8.00. The second kappa shape index (κ2) is 5.87. The molecule has 1 aliphatic heterocycles. The third kappa shape index (κ3) is 3.16. The fourth-order valence-corrected chi connectivity index (χ4v) is 4.95. The predicted octanol–water partition coefficient (Wildman–Crippen LogP) is 1.90. The van der Waals surface area contributed by atoms with Gasteiger partial charge in [-0.25, -0.2) is 13.4 Å². The number of halogens is 1. The first-order valence-corrected chi connectivity index (χ1v) is 8.77. The molecule has 19 heavy (non-hydrogen) atoms. The van der Waals surface area contributed by atoms with E-state index in [-0.39, 0.29) is 4.90 Å². The Bertz CT molecular complexity index is 565. The van der Waals surface area contributed by atoms with Crippen LogP contribution in [0.5, 0.6) is 0 Å². The van der Waals surface area contributed by atoms with Crippen LogP contribution < -0.4 is 5.32 Å². The quantitative estimate of drug-likeness (QED) is 0.921. The molecular formula is C11H16ClN3O2S2. The Morgan fingerprint density at radius 3 is 2.89 bits per heavy atom. The van der Waals surface area contributed by atoms with Crippen molar-refractivity contribution in [1.82, 2.24) is 9.29 Å². The van der Waals surface area contributed by atoms with Crippen molar-refractivity contribution in [3.63, 3.8) is 0 Å². The number of rotatable bonds is 3. The molecule has 2 heterocycles. The molecule has 8 heteroatoms. The molecule has 0 spiro atoms. The van der Waals surface area contributed by atoms with Crippen LogP contribution in [0.1, 0.15) is 6.92 Å². The van der Waals surface area contributed by atoms with Crippen molar-refractivity contribution < 1.29 is 8.42 Å². The largest absolute Gasteiger partial charge is 0.372 e. The lowest BCUT2D eigenvalue weighted by Gasteiger charge is -2.29. The smallest absolute Gasteiger partial charge is 0.244 e. The topological polar surface area (TPSA) is 62.3 Å². The van der Waals surface area contributed by atoms with Crippen LogP contribution in [-0.2, 0) is 10.0 Å². The van der Waals surface area contributed by atoms with Crippen LogP contribution in [0.15, 0.2) is 17.2 Å². The second-order valence-electron chi connectivity index (χ2n) is 4.30. The van der Waals surface area contributed by atoms with Crippen molar-refractivity contribution in [2.24, 2.45) is 0 Å². The number of aromatic nitrogens is 1. The maximum Gasteiger partial charge on any atom is 0.244 e. The first kappa shape index (κ1) is 14.9. The molecule has 0 saturated carbocycles. The molecule has 1 unspecified atom stereocenters. The van der Waals surface area contributed by atoms with Crippen molar-refractivity contribution in [1.29, 1.82) is 0 Å². The van der Waals surface area contributed by atoms with Gasteiger partial charge in [-0.05, 0) is 6.07 Å². The Kier molecular flexibility index (Phi) is 4.60. The van der Waals surface area contributed by atoms with E-state index < -0.39 is 10.0 Å². The van der Waals surface area contributed by atoms with Crippen molar-refractivity contribution >= 4 is 39.2 Å². The Hall–Kier alpha value is -0.500. The molecule has 1 aromatic rings. The summed E-state index contributed by atoms with van der Waals surface area (Å²) in [5.74, 6) is 1.29. The van der Waals surface area contributed by atoms with E-state index in [1.54, 1.807) is 18.8 Å². The average molecular weight is 322 g/mol. The van der Waals surface area contributed by atoms with E-state index in [2.05, 4.69) is 10.3 Å². The van der Waals surface area contributed by atoms with Crippen molar-refractivity contribution in [3.8, 4) is 0 Å². The van der Waals surface area contributed by atoms with Crippen LogP contribution in [0.4, 0.5) is 5.82 Å². The van der Waals surface area contributed by atoms with Crippen molar-refractivity contribution in [2.75, 3.05) is 31.2 Å². The van der Waals surface area contributed by atoms with Gasteiger partial charge < -0.3 is 5.32 Å². The van der Waals surface area contributed by atoms with Crippen LogP contribution in [0.3, 0.4) is 0 Å². The monoisotopic (exact) mass is 321 g/mol. The Labute approximate surface area is 122 Å². The third-order valence-electron chi connectivity index (χ3n) is 2.89. The summed E-state index contributed by atoms with van der Waals surface area (Å²) in [7, 11) is -1.81. The van der Waals surface area contributed by atoms with Crippen LogP contribution in [0.2, 0.25) is 5.02 Å². The zero-order valence-electron chi connectivity index (χ0n) is 10.8. The van der Waals surface area contributed by atoms with Gasteiger partial charge in [0.1, 0.15) is 10.7 Å². The highest BCUT2D eigenvalue weighted by atomic mass is 35.5. The van der Waals surface area contributed by atoms with E-state index in [0.29, 0.717) is 29.2 Å². The average Bonchev–Trinajstić information content (AvgIpc) is 2.38. The zero-order chi connectivity index (χ0) is 14.0. The van der Waals surface area contributed by atoms with E-state index in [1.807, 2.05) is 6.92 Å². The molecule has 1 fully saturated rings. The van der Waals surface area contributed by atoms with Crippen molar-refractivity contribution in [3.05, 3.63) is 17.3 Å². The van der Waals surface area contributed by atoms with Gasteiger partial charge in [0, 0.05) is 37.3 Å². The normalized spacial score (nSPS) is 21.3. The number of nitrogens with zero attached hydrogens (tertiary/aromatic N) is 2. The SMILES string of the molecule is CNc1ncc(S(=O)(=O)N2CCSC(C)C2)cc1Cl. The van der Waals surface area contributed by atoms with E-state index in [4.69, 9.17) is 11.6 Å². The molecule has 0 bridgehead atoms. The Morgan fingerprint density at radius 1 is 1.58 bits per heavy atom. The van der Waals surface area contributed by atoms with Gasteiger partial charge in [-0.2, -0.15) is 16.1 Å². The van der Waals surface area contributed by atoms with Gasteiger partial charge in [0.05, 0.1) is 5.02 Å². The Balaban J connectivity index is 2.31. The number of thioether (sulfide) groups is 1. The van der Waals surface area contributed by atoms with E-state index in [0.717, 1.165) is 5.75 Å². The van der Waals surface area contributed by atoms with Gasteiger partial charge in [0.15, 0.2) is 0 Å². The highest BCUT2D eigenvalue weighted by Crippen LogP contribution is 2.27. The summed E-state index contributed by atoms with van der Waals surface area (Å²) in [6.45, 7) is 3.09. The van der Waals surface area contributed by atoms with Crippen LogP contribution in [0.25, 0.3) is 0 Å². The fourth-order valence-electron chi connectivity index (χ4n) is 1.90. The molecule has 5 nitrogen and oxygen atoms in total. The molecule has 0 amide bonds. The number of sulfonamides is 1. The van der Waals surface area contributed by atoms with Gasteiger partial charge in [-0.15, -0.1) is 0 Å². The third-order valence-corrected chi connectivity index (χ3v) is 6.15. The number of hydrogen-bond donors (Lipinski definition) is 1. The van der Waals surface area contributed by atoms with Gasteiger partial charge >= 0.3 is 0 Å². The minimum atomic E-state index is -3.50. The summed E-state index contributed by atoms with van der Waals surface area (Å²) in [6, 6.07) is 1.45. The minimum Gasteiger partial charge on any atom is -0.372 e. The van der Waals surface area contributed by atoms with Crippen LogP contribution in [-0.4, -0.2) is 48.8 Å². The van der Waals surface area contributed by atoms with Gasteiger partial charge in [0.25, 0.3) is 0 Å². The summed E-state index contributed by atoms with van der Waals surface area (Å²) in [5.41, 5.74) is 0. The molecule has 1 N–H and O–H groups in total. The van der Waals surface area contributed by atoms with Crippen LogP contribution >= 0.6 is 23.4 Å². The molecule has 106 valence electrons. The maximum absolute atomic E-state index is 12.5. The minimum absolute atomic E-state index is 0.149. The molecule has 1 saturated heterocycles. The molecular weight excluding hydrogens is 306 g/mol. The van der Waals surface area contributed by atoms with Crippen LogP contribution in [0, 0.1) is 0 Å². The van der Waals surface area contributed by atoms with Gasteiger partial charge in [-0.3, -0.25) is 0 Å². The molecule has 0 aliphatic carbocycles. The van der Waals surface area contributed by atoms with Gasteiger partial charge in [-0.1, -0.05) is 18.5 Å². The molecule has 1 atom stereocenters. The first-order chi connectivity index (χ1) is 8.95. The lowest BCUT2D eigenvalue weighted by Crippen LogP contribution is -2.40. The number of anilines is 1. The molecule has 1 aromatic heterocycles. The molecule has 1 aliphatic rings. The summed E-state index contributed by atoms with van der Waals surface area (Å²) in [4.78, 5) is 4.17. The predicted molar refractivity (Wildman–Crippen MR) is 79.5 cm³/mol. The molecule has 2 rings (SSSR count). The zero-order valence-corrected chi connectivity index (χ0v) is 13.1. The van der Waals surface area contributed by atoms with Crippen molar-refractivity contribution in [2.45, 2.75) is 17.1 Å². The summed E-state index contributed by atoms with van der Waals surface area (Å²) >= 11 is 7.78. The number of nitrogens with one attached hydrogen (secondary N) is 1. The molecule has 0 radical (unpaired) electrons. The number of hydrogen-bond acceptors (Lipinski definition) is 5. The Morgan fingerprint density at radius 2 is 2.32 bits per heavy atom. The highest BCUT2D eigenvalue weighted by Gasteiger charge is 2.29. The summed E-state index contributed by atoms with van der Waals surface area (Å²) < 4.78 is 26.5. The fraction of sp³-hybridized carbons (Fsp3) is 0.545. The first-order valence-electron chi connectivity index (χ1n) is 5.90. The second-order valence-corrected chi connectivity index (χ2v) is 8.19. The molecule has 0 aromatic carbocycles. The summed E-state index contributed by atoms with van der Waals surface area (Å²) in [6.07, 6.45) is 1.35. The summed E-state index contributed by atoms with van der Waals surface area (Å²) in [5, 5.41) is 3.42. The maximum atomic E-state index is 12.5.